The van der Waals surface area contributed by atoms with Crippen LogP contribution in [-0.4, -0.2) is 10.8 Å². The van der Waals surface area contributed by atoms with Gasteiger partial charge in [-0.25, -0.2) is 0 Å². The molecule has 188 valence electrons. The second-order valence-corrected chi connectivity index (χ2v) is 9.99. The number of para-hydroxylation sites is 1. The highest BCUT2D eigenvalue weighted by molar-refractivity contribution is 6.32. The Morgan fingerprint density at radius 3 is 2.37 bits per heavy atom. The topological polar surface area (TPSA) is 59.8 Å². The van der Waals surface area contributed by atoms with Crippen LogP contribution in [0, 0.1) is 13.8 Å². The van der Waals surface area contributed by atoms with Gasteiger partial charge in [-0.1, -0.05) is 71.8 Å². The molecule has 1 aliphatic heterocycles. The Labute approximate surface area is 224 Å². The van der Waals surface area contributed by atoms with Crippen LogP contribution in [0.1, 0.15) is 44.4 Å². The SMILES string of the molecule is Cc1ccc(CN2C(=O)c3oc4cc(C)c(Cl)cc4c(=O)c3C2c2cccc(Oc3ccccc3)c2)cc1. The van der Waals surface area contributed by atoms with Crippen LogP contribution in [-0.2, 0) is 6.54 Å². The molecule has 1 aromatic heterocycles. The maximum absolute atomic E-state index is 13.9. The second kappa shape index (κ2) is 9.51. The smallest absolute Gasteiger partial charge is 0.291 e. The molecule has 0 saturated heterocycles. The fraction of sp³-hybridized carbons (Fsp3) is 0.125. The zero-order chi connectivity index (χ0) is 26.4. The van der Waals surface area contributed by atoms with E-state index in [9.17, 15) is 9.59 Å². The van der Waals surface area contributed by atoms with Gasteiger partial charge in [0.2, 0.25) is 5.76 Å². The molecule has 0 N–H and O–H groups in total. The third kappa shape index (κ3) is 4.25. The molecule has 0 radical (unpaired) electrons. The summed E-state index contributed by atoms with van der Waals surface area (Å²) in [6, 6.07) is 27.6. The van der Waals surface area contributed by atoms with Gasteiger partial charge in [-0.3, -0.25) is 9.59 Å². The molecular formula is C32H24ClNO4. The summed E-state index contributed by atoms with van der Waals surface area (Å²) in [6.45, 7) is 4.16. The van der Waals surface area contributed by atoms with E-state index in [0.29, 0.717) is 39.6 Å². The fourth-order valence-corrected chi connectivity index (χ4v) is 5.08. The molecule has 2 heterocycles. The second-order valence-electron chi connectivity index (χ2n) is 9.58. The van der Waals surface area contributed by atoms with E-state index >= 15 is 0 Å². The largest absolute Gasteiger partial charge is 0.457 e. The van der Waals surface area contributed by atoms with Gasteiger partial charge in [-0.15, -0.1) is 0 Å². The fourth-order valence-electron chi connectivity index (χ4n) is 4.91. The zero-order valence-corrected chi connectivity index (χ0v) is 21.7. The van der Waals surface area contributed by atoms with Crippen molar-refractivity contribution in [2.75, 3.05) is 0 Å². The van der Waals surface area contributed by atoms with Crippen LogP contribution in [0.5, 0.6) is 11.5 Å². The molecule has 6 rings (SSSR count). The molecule has 1 aliphatic rings. The molecule has 38 heavy (non-hydrogen) atoms. The number of nitrogens with zero attached hydrogens (tertiary/aromatic N) is 1. The van der Waals surface area contributed by atoms with Crippen molar-refractivity contribution >= 4 is 28.5 Å². The first-order valence-electron chi connectivity index (χ1n) is 12.4. The summed E-state index contributed by atoms with van der Waals surface area (Å²) in [5.41, 5.74) is 4.00. The van der Waals surface area contributed by atoms with Gasteiger partial charge >= 0.3 is 0 Å². The van der Waals surface area contributed by atoms with E-state index in [1.807, 2.05) is 92.7 Å². The predicted molar refractivity (Wildman–Crippen MR) is 148 cm³/mol. The Bertz CT molecular complexity index is 1740. The predicted octanol–water partition coefficient (Wildman–Crippen LogP) is 7.60. The van der Waals surface area contributed by atoms with Crippen LogP contribution in [0.15, 0.2) is 100 Å². The number of hydrogen-bond donors (Lipinski definition) is 0. The van der Waals surface area contributed by atoms with Crippen LogP contribution < -0.4 is 10.2 Å². The van der Waals surface area contributed by atoms with Crippen molar-refractivity contribution in [1.29, 1.82) is 0 Å². The molecule has 1 atom stereocenters. The van der Waals surface area contributed by atoms with Gasteiger partial charge in [0.1, 0.15) is 17.1 Å². The molecule has 5 nitrogen and oxygen atoms in total. The summed E-state index contributed by atoms with van der Waals surface area (Å²) in [6.07, 6.45) is 0. The maximum atomic E-state index is 13.9. The molecule has 0 bridgehead atoms. The minimum absolute atomic E-state index is 0.0655. The van der Waals surface area contributed by atoms with E-state index in [-0.39, 0.29) is 17.1 Å². The van der Waals surface area contributed by atoms with Gasteiger partial charge in [0.15, 0.2) is 5.43 Å². The number of ether oxygens (including phenoxy) is 1. The summed E-state index contributed by atoms with van der Waals surface area (Å²) in [7, 11) is 0. The summed E-state index contributed by atoms with van der Waals surface area (Å²) in [4.78, 5) is 29.4. The number of carbonyl (C=O) groups excluding carboxylic acids is 1. The van der Waals surface area contributed by atoms with Crippen molar-refractivity contribution in [3.05, 3.63) is 140 Å². The number of aryl methyl sites for hydroxylation is 2. The zero-order valence-electron chi connectivity index (χ0n) is 20.9. The first-order valence-corrected chi connectivity index (χ1v) is 12.7. The van der Waals surface area contributed by atoms with Crippen molar-refractivity contribution in [2.45, 2.75) is 26.4 Å². The summed E-state index contributed by atoms with van der Waals surface area (Å²) >= 11 is 6.36. The van der Waals surface area contributed by atoms with Gasteiger partial charge in [0, 0.05) is 11.6 Å². The first kappa shape index (κ1) is 24.0. The normalized spacial score (nSPS) is 14.7. The average molecular weight is 522 g/mol. The van der Waals surface area contributed by atoms with Gasteiger partial charge in [0.05, 0.1) is 17.0 Å². The van der Waals surface area contributed by atoms with E-state index in [1.54, 1.807) is 17.0 Å². The lowest BCUT2D eigenvalue weighted by Gasteiger charge is -2.25. The van der Waals surface area contributed by atoms with Crippen molar-refractivity contribution in [2.24, 2.45) is 0 Å². The van der Waals surface area contributed by atoms with Gasteiger partial charge in [-0.2, -0.15) is 0 Å². The maximum Gasteiger partial charge on any atom is 0.291 e. The van der Waals surface area contributed by atoms with Crippen molar-refractivity contribution in [3.8, 4) is 11.5 Å². The van der Waals surface area contributed by atoms with Crippen LogP contribution in [0.4, 0.5) is 0 Å². The first-order chi connectivity index (χ1) is 18.4. The molecule has 4 aromatic carbocycles. The average Bonchev–Trinajstić information content (AvgIpc) is 3.19. The molecule has 1 amide bonds. The highest BCUT2D eigenvalue weighted by atomic mass is 35.5. The standard InChI is InChI=1S/C32H24ClNO4/c1-19-11-13-21(14-12-19)18-34-29(22-7-6-10-24(16-22)37-23-8-4-3-5-9-23)28-30(35)25-17-26(33)20(2)15-27(25)38-31(28)32(34)36/h3-17,29H,18H2,1-2H3. The summed E-state index contributed by atoms with van der Waals surface area (Å²) in [5.74, 6) is 1.04. The molecule has 0 fully saturated rings. The van der Waals surface area contributed by atoms with Gasteiger partial charge < -0.3 is 14.1 Å². The number of hydrogen-bond acceptors (Lipinski definition) is 4. The number of carbonyl (C=O) groups is 1. The lowest BCUT2D eigenvalue weighted by molar-refractivity contribution is 0.0714. The highest BCUT2D eigenvalue weighted by Gasteiger charge is 2.43. The van der Waals surface area contributed by atoms with E-state index < -0.39 is 6.04 Å². The van der Waals surface area contributed by atoms with Gasteiger partial charge in [0.25, 0.3) is 5.91 Å². The van der Waals surface area contributed by atoms with Crippen LogP contribution >= 0.6 is 11.6 Å². The number of amides is 1. The number of fused-ring (bicyclic) bond motifs is 2. The molecule has 0 spiro atoms. The monoisotopic (exact) mass is 521 g/mol. The van der Waals surface area contributed by atoms with Crippen molar-refractivity contribution in [1.82, 2.24) is 4.90 Å². The Kier molecular flexibility index (Phi) is 6.01. The minimum atomic E-state index is -0.654. The third-order valence-electron chi connectivity index (χ3n) is 6.87. The Balaban J connectivity index is 1.51. The number of rotatable bonds is 5. The molecule has 0 aliphatic carbocycles. The Morgan fingerprint density at radius 1 is 0.868 bits per heavy atom. The number of benzene rings is 4. The summed E-state index contributed by atoms with van der Waals surface area (Å²) < 4.78 is 12.2. The molecule has 6 heteroatoms. The molecule has 0 saturated carbocycles. The van der Waals surface area contributed by atoms with E-state index in [0.717, 1.165) is 22.3 Å². The van der Waals surface area contributed by atoms with E-state index in [1.165, 1.54) is 0 Å². The minimum Gasteiger partial charge on any atom is -0.457 e. The van der Waals surface area contributed by atoms with Crippen LogP contribution in [0.3, 0.4) is 0 Å². The Morgan fingerprint density at radius 2 is 1.61 bits per heavy atom. The molecular weight excluding hydrogens is 498 g/mol. The lowest BCUT2D eigenvalue weighted by Crippen LogP contribution is -2.29. The lowest BCUT2D eigenvalue weighted by atomic mass is 9.97. The Hall–Kier alpha value is -4.35. The number of halogens is 1. The third-order valence-corrected chi connectivity index (χ3v) is 7.28. The van der Waals surface area contributed by atoms with Crippen molar-refractivity contribution in [3.63, 3.8) is 0 Å². The molecule has 5 aromatic rings. The van der Waals surface area contributed by atoms with Crippen LogP contribution in [0.2, 0.25) is 5.02 Å². The molecule has 1 unspecified atom stereocenters. The van der Waals surface area contributed by atoms with Gasteiger partial charge in [-0.05, 0) is 66.9 Å². The van der Waals surface area contributed by atoms with Crippen LogP contribution in [0.25, 0.3) is 11.0 Å². The van der Waals surface area contributed by atoms with Crippen molar-refractivity contribution < 1.29 is 13.9 Å². The highest BCUT2D eigenvalue weighted by Crippen LogP contribution is 2.40. The van der Waals surface area contributed by atoms with E-state index in [4.69, 9.17) is 20.8 Å². The quantitative estimate of drug-likeness (QED) is 0.239. The van der Waals surface area contributed by atoms with E-state index in [2.05, 4.69) is 0 Å². The summed E-state index contributed by atoms with van der Waals surface area (Å²) in [5, 5.41) is 0.825.